The second kappa shape index (κ2) is 16.4. The summed E-state index contributed by atoms with van der Waals surface area (Å²) in [6.07, 6.45) is 15.8. The molecule has 2 heterocycles. The molecule has 0 spiro atoms. The Labute approximate surface area is 221 Å². The highest BCUT2D eigenvalue weighted by atomic mass is 33.1. The van der Waals surface area contributed by atoms with Gasteiger partial charge in [-0.15, -0.1) is 0 Å². The summed E-state index contributed by atoms with van der Waals surface area (Å²) in [5.41, 5.74) is 5.69. The molecule has 2 aliphatic heterocycles. The molecule has 4 atom stereocenters. The van der Waals surface area contributed by atoms with E-state index in [-0.39, 0.29) is 18.1 Å². The molecular weight excluding hydrogens is 478 g/mol. The first-order valence-electron chi connectivity index (χ1n) is 14.3. The predicted octanol–water partition coefficient (Wildman–Crippen LogP) is 5.50. The summed E-state index contributed by atoms with van der Waals surface area (Å²) in [5, 5.41) is 4.07. The normalized spacial score (nSPS) is 26.6. The van der Waals surface area contributed by atoms with E-state index in [1.807, 2.05) is 21.6 Å². The van der Waals surface area contributed by atoms with Gasteiger partial charge in [0.05, 0.1) is 0 Å². The number of nitrogens with zero attached hydrogens (tertiary/aromatic N) is 1. The van der Waals surface area contributed by atoms with Crippen LogP contribution in [0.25, 0.3) is 0 Å². The van der Waals surface area contributed by atoms with Gasteiger partial charge in [-0.25, -0.2) is 0 Å². The zero-order valence-corrected chi connectivity index (χ0v) is 23.5. The lowest BCUT2D eigenvalue weighted by molar-refractivity contribution is -0.151. The van der Waals surface area contributed by atoms with Gasteiger partial charge < -0.3 is 15.4 Å². The zero-order chi connectivity index (χ0) is 24.9. The van der Waals surface area contributed by atoms with Crippen LogP contribution >= 0.6 is 21.6 Å². The van der Waals surface area contributed by atoms with E-state index in [0.717, 1.165) is 43.4 Å². The molecule has 1 saturated carbocycles. The maximum Gasteiger partial charge on any atom is 0.307 e. The monoisotopic (exact) mass is 527 g/mol. The zero-order valence-electron chi connectivity index (χ0n) is 21.9. The number of amides is 1. The van der Waals surface area contributed by atoms with Gasteiger partial charge in [-0.05, 0) is 70.3 Å². The average molecular weight is 528 g/mol. The average Bonchev–Trinajstić information content (AvgIpc) is 3.28. The summed E-state index contributed by atoms with van der Waals surface area (Å²) in [6, 6.07) is 0.339. The number of nitrogens with two attached hydrogens (primary N) is 1. The number of carbonyl (C=O) groups excluding carboxylic acids is 2. The number of ether oxygens (including phenoxy) is 1. The SMILES string of the molecule is CC1CC(C2CCCCC2)CN1C(=O)CCNC(CCCN)OC(=O)CCCCC1CCCSS1. The molecule has 3 fully saturated rings. The molecule has 0 aromatic rings. The van der Waals surface area contributed by atoms with Crippen LogP contribution in [0.1, 0.15) is 103 Å². The minimum Gasteiger partial charge on any atom is -0.447 e. The lowest BCUT2D eigenvalue weighted by atomic mass is 9.79. The topological polar surface area (TPSA) is 84.7 Å². The lowest BCUT2D eigenvalue weighted by Crippen LogP contribution is -2.39. The van der Waals surface area contributed by atoms with Gasteiger partial charge in [-0.3, -0.25) is 14.9 Å². The van der Waals surface area contributed by atoms with Gasteiger partial charge in [-0.2, -0.15) is 0 Å². The van der Waals surface area contributed by atoms with Gasteiger partial charge in [-0.1, -0.05) is 60.1 Å². The van der Waals surface area contributed by atoms with E-state index in [0.29, 0.717) is 44.3 Å². The first-order chi connectivity index (χ1) is 17.1. The van der Waals surface area contributed by atoms with Crippen molar-refractivity contribution in [1.82, 2.24) is 10.2 Å². The number of hydrogen-bond donors (Lipinski definition) is 2. The Bertz CT molecular complexity index is 627. The van der Waals surface area contributed by atoms with Crippen molar-refractivity contribution in [2.45, 2.75) is 121 Å². The third kappa shape index (κ3) is 10.4. The molecule has 0 radical (unpaired) electrons. The highest BCUT2D eigenvalue weighted by Gasteiger charge is 2.36. The fraction of sp³-hybridized carbons (Fsp3) is 0.926. The Morgan fingerprint density at radius 1 is 1.06 bits per heavy atom. The molecule has 3 aliphatic rings. The number of rotatable bonds is 14. The predicted molar refractivity (Wildman–Crippen MR) is 148 cm³/mol. The quantitative estimate of drug-likeness (QED) is 0.134. The van der Waals surface area contributed by atoms with E-state index in [1.54, 1.807) is 0 Å². The molecule has 3 rings (SSSR count). The number of carbonyl (C=O) groups is 2. The number of unbranched alkanes of at least 4 members (excludes halogenated alkanes) is 1. The standard InChI is InChI=1S/C27H49N3O3S2/c1-21-19-23(22-9-3-2-4-10-22)20-30(21)26(31)15-17-29-25(13-7-16-28)33-27(32)14-6-5-11-24-12-8-18-34-35-24/h21-25,29H,2-20,28H2,1H3. The maximum atomic E-state index is 13.0. The Balaban J connectivity index is 1.33. The van der Waals surface area contributed by atoms with Crippen LogP contribution in [-0.4, -0.2) is 59.7 Å². The van der Waals surface area contributed by atoms with E-state index in [4.69, 9.17) is 10.5 Å². The van der Waals surface area contributed by atoms with Gasteiger partial charge >= 0.3 is 5.97 Å². The third-order valence-electron chi connectivity index (χ3n) is 8.01. The van der Waals surface area contributed by atoms with Crippen molar-refractivity contribution >= 4 is 33.5 Å². The van der Waals surface area contributed by atoms with Crippen molar-refractivity contribution in [3.8, 4) is 0 Å². The van der Waals surface area contributed by atoms with Crippen LogP contribution in [0.2, 0.25) is 0 Å². The second-order valence-corrected chi connectivity index (χ2v) is 13.6. The van der Waals surface area contributed by atoms with Gasteiger partial charge in [0.25, 0.3) is 0 Å². The molecule has 4 unspecified atom stereocenters. The van der Waals surface area contributed by atoms with Crippen molar-refractivity contribution in [1.29, 1.82) is 0 Å². The molecule has 35 heavy (non-hydrogen) atoms. The van der Waals surface area contributed by atoms with Gasteiger partial charge in [0.15, 0.2) is 6.23 Å². The molecule has 0 aromatic carbocycles. The first-order valence-corrected chi connectivity index (χ1v) is 16.7. The van der Waals surface area contributed by atoms with Gasteiger partial charge in [0.2, 0.25) is 5.91 Å². The summed E-state index contributed by atoms with van der Waals surface area (Å²) in [6.45, 7) is 4.23. The highest BCUT2D eigenvalue weighted by molar-refractivity contribution is 8.77. The Hall–Kier alpha value is -0.440. The third-order valence-corrected chi connectivity index (χ3v) is 11.1. The van der Waals surface area contributed by atoms with E-state index in [2.05, 4.69) is 17.1 Å². The van der Waals surface area contributed by atoms with Crippen molar-refractivity contribution in [3.05, 3.63) is 0 Å². The highest BCUT2D eigenvalue weighted by Crippen LogP contribution is 2.38. The van der Waals surface area contributed by atoms with Crippen molar-refractivity contribution in [3.63, 3.8) is 0 Å². The number of likely N-dealkylation sites (tertiary alicyclic amines) is 1. The minimum absolute atomic E-state index is 0.139. The molecule has 1 aliphatic carbocycles. The van der Waals surface area contributed by atoms with Crippen LogP contribution in [0.15, 0.2) is 0 Å². The Morgan fingerprint density at radius 2 is 1.89 bits per heavy atom. The van der Waals surface area contributed by atoms with E-state index >= 15 is 0 Å². The van der Waals surface area contributed by atoms with Crippen molar-refractivity contribution < 1.29 is 14.3 Å². The van der Waals surface area contributed by atoms with Gasteiger partial charge in [0, 0.05) is 43.0 Å². The van der Waals surface area contributed by atoms with Crippen LogP contribution in [0.3, 0.4) is 0 Å². The molecule has 8 heteroatoms. The fourth-order valence-corrected chi connectivity index (χ4v) is 8.87. The summed E-state index contributed by atoms with van der Waals surface area (Å²) in [4.78, 5) is 27.5. The molecule has 202 valence electrons. The lowest BCUT2D eigenvalue weighted by Gasteiger charge is -2.27. The van der Waals surface area contributed by atoms with Crippen LogP contribution in [-0.2, 0) is 14.3 Å². The summed E-state index contributed by atoms with van der Waals surface area (Å²) < 4.78 is 5.73. The molecular formula is C27H49N3O3S2. The molecule has 2 saturated heterocycles. The number of nitrogens with one attached hydrogen (secondary N) is 1. The van der Waals surface area contributed by atoms with Crippen LogP contribution in [0, 0.1) is 11.8 Å². The molecule has 0 aromatic heterocycles. The molecule has 0 bridgehead atoms. The Morgan fingerprint density at radius 3 is 2.63 bits per heavy atom. The van der Waals surface area contributed by atoms with Crippen LogP contribution < -0.4 is 11.1 Å². The molecule has 6 nitrogen and oxygen atoms in total. The summed E-state index contributed by atoms with van der Waals surface area (Å²) >= 11 is 0. The summed E-state index contributed by atoms with van der Waals surface area (Å²) in [5.74, 6) is 2.85. The van der Waals surface area contributed by atoms with Crippen molar-refractivity contribution in [2.75, 3.05) is 25.4 Å². The largest absolute Gasteiger partial charge is 0.447 e. The Kier molecular flexibility index (Phi) is 13.7. The van der Waals surface area contributed by atoms with Crippen LogP contribution in [0.5, 0.6) is 0 Å². The maximum absolute atomic E-state index is 13.0. The fourth-order valence-electron chi connectivity index (χ4n) is 5.97. The van der Waals surface area contributed by atoms with Crippen molar-refractivity contribution in [2.24, 2.45) is 17.6 Å². The molecule has 1 amide bonds. The van der Waals surface area contributed by atoms with Gasteiger partial charge in [0.1, 0.15) is 0 Å². The molecule has 3 N–H and O–H groups in total. The smallest absolute Gasteiger partial charge is 0.307 e. The van der Waals surface area contributed by atoms with E-state index < -0.39 is 0 Å². The number of esters is 1. The summed E-state index contributed by atoms with van der Waals surface area (Å²) in [7, 11) is 4.00. The number of hydrogen-bond acceptors (Lipinski definition) is 7. The van der Waals surface area contributed by atoms with Crippen LogP contribution in [0.4, 0.5) is 0 Å². The first kappa shape index (κ1) is 29.1. The van der Waals surface area contributed by atoms with E-state index in [1.165, 1.54) is 57.1 Å². The minimum atomic E-state index is -0.352. The van der Waals surface area contributed by atoms with E-state index in [9.17, 15) is 9.59 Å². The second-order valence-electron chi connectivity index (χ2n) is 10.8.